The summed E-state index contributed by atoms with van der Waals surface area (Å²) in [6.45, 7) is 0.515. The molecule has 1 aliphatic heterocycles. The molecule has 3 heterocycles. The number of rotatable bonds is 5. The van der Waals surface area contributed by atoms with Crippen LogP contribution in [0.2, 0.25) is 0 Å². The summed E-state index contributed by atoms with van der Waals surface area (Å²) in [6, 6.07) is 13.9. The van der Waals surface area contributed by atoms with E-state index in [1.165, 1.54) is 28.8 Å². The van der Waals surface area contributed by atoms with Crippen LogP contribution < -0.4 is 5.32 Å². The number of nitrogens with one attached hydrogen (secondary N) is 1. The van der Waals surface area contributed by atoms with E-state index in [0.29, 0.717) is 6.54 Å². The average molecular weight is 488 g/mol. The van der Waals surface area contributed by atoms with Crippen molar-refractivity contribution >= 4 is 23.2 Å². The van der Waals surface area contributed by atoms with Gasteiger partial charge in [0.25, 0.3) is 5.91 Å². The van der Waals surface area contributed by atoms with Crippen LogP contribution in [0.15, 0.2) is 48.7 Å². The van der Waals surface area contributed by atoms with Crippen molar-refractivity contribution < 1.29 is 9.59 Å². The van der Waals surface area contributed by atoms with Crippen molar-refractivity contribution in [2.75, 3.05) is 6.54 Å². The molecule has 1 aromatic carbocycles. The molecule has 1 fully saturated rings. The number of benzene rings is 1. The van der Waals surface area contributed by atoms with Gasteiger partial charge in [-0.25, -0.2) is 0 Å². The van der Waals surface area contributed by atoms with E-state index in [1.807, 2.05) is 41.4 Å². The zero-order valence-electron chi connectivity index (χ0n) is 20.2. The van der Waals surface area contributed by atoms with Gasteiger partial charge in [-0.1, -0.05) is 49.6 Å². The topological polar surface area (TPSA) is 54.3 Å². The summed E-state index contributed by atoms with van der Waals surface area (Å²) in [5.74, 6) is -0.0230. The Hall–Kier alpha value is -2.86. The van der Waals surface area contributed by atoms with Crippen LogP contribution in [-0.2, 0) is 24.1 Å². The maximum absolute atomic E-state index is 14.3. The van der Waals surface area contributed by atoms with E-state index in [1.54, 1.807) is 11.3 Å². The molecule has 1 N–H and O–H groups in total. The number of nitrogens with zero attached hydrogens (tertiary/aromatic N) is 2. The molecule has 3 aliphatic rings. The molecule has 1 unspecified atom stereocenters. The minimum atomic E-state index is -0.623. The highest BCUT2D eigenvalue weighted by Gasteiger charge is 2.41. The molecule has 2 aromatic heterocycles. The number of hydrogen-bond acceptors (Lipinski definition) is 3. The lowest BCUT2D eigenvalue weighted by Gasteiger charge is -2.32. The van der Waals surface area contributed by atoms with Crippen molar-refractivity contribution in [2.24, 2.45) is 0 Å². The van der Waals surface area contributed by atoms with Crippen molar-refractivity contribution in [3.63, 3.8) is 0 Å². The number of carbonyl (C=O) groups is 2. The summed E-state index contributed by atoms with van der Waals surface area (Å²) in [6.07, 6.45) is 12.7. The van der Waals surface area contributed by atoms with Gasteiger partial charge in [0.05, 0.1) is 11.3 Å². The first-order valence-corrected chi connectivity index (χ1v) is 14.0. The second-order valence-corrected chi connectivity index (χ2v) is 11.3. The standard InChI is InChI=1S/C29H33N3O2S/c33-27(30-21-12-5-2-6-13-21)26-23-15-9-18-31(23)29-25(22-14-7-8-16-24(22)35-29)28(34)32(26)19-17-20-10-3-1-4-11-20/h1,3-4,9-11,15,18,21,26H,2,5-8,12-14,16-17,19H2,(H,30,33). The Morgan fingerprint density at radius 2 is 1.77 bits per heavy atom. The fraction of sp³-hybridized carbons (Fsp3) is 0.448. The largest absolute Gasteiger partial charge is 0.351 e. The van der Waals surface area contributed by atoms with Gasteiger partial charge in [0, 0.05) is 23.7 Å². The van der Waals surface area contributed by atoms with E-state index in [0.717, 1.165) is 67.6 Å². The van der Waals surface area contributed by atoms with Gasteiger partial charge in [-0.05, 0) is 68.2 Å². The maximum Gasteiger partial charge on any atom is 0.258 e. The zero-order valence-corrected chi connectivity index (χ0v) is 21.0. The number of thiophene rings is 1. The molecule has 6 rings (SSSR count). The molecule has 35 heavy (non-hydrogen) atoms. The molecule has 0 spiro atoms. The Kier molecular flexibility index (Phi) is 6.23. The van der Waals surface area contributed by atoms with E-state index in [-0.39, 0.29) is 17.9 Å². The number of aromatic nitrogens is 1. The summed E-state index contributed by atoms with van der Waals surface area (Å²) in [5, 5.41) is 4.33. The molecule has 0 saturated heterocycles. The minimum absolute atomic E-state index is 0.0165. The van der Waals surface area contributed by atoms with E-state index in [4.69, 9.17) is 0 Å². The molecule has 0 radical (unpaired) electrons. The van der Waals surface area contributed by atoms with Gasteiger partial charge in [0.1, 0.15) is 5.00 Å². The molecule has 1 saturated carbocycles. The molecule has 2 aliphatic carbocycles. The van der Waals surface area contributed by atoms with Gasteiger partial charge in [-0.15, -0.1) is 11.3 Å². The first-order valence-electron chi connectivity index (χ1n) is 13.2. The quantitative estimate of drug-likeness (QED) is 0.509. The lowest BCUT2D eigenvalue weighted by molar-refractivity contribution is -0.127. The van der Waals surface area contributed by atoms with Crippen LogP contribution in [-0.4, -0.2) is 33.9 Å². The van der Waals surface area contributed by atoms with E-state index < -0.39 is 6.04 Å². The maximum atomic E-state index is 14.3. The van der Waals surface area contributed by atoms with Crippen LogP contribution in [0.1, 0.15) is 83.0 Å². The fourth-order valence-electron chi connectivity index (χ4n) is 6.09. The van der Waals surface area contributed by atoms with E-state index >= 15 is 0 Å². The summed E-state index contributed by atoms with van der Waals surface area (Å²) >= 11 is 1.75. The SMILES string of the molecule is O=C(NC1CCCCC1)C1c2cccn2-c2sc3c(c2C(=O)N1CCc1ccccc1)CCCC3. The Bertz CT molecular complexity index is 1220. The van der Waals surface area contributed by atoms with Crippen LogP contribution in [0.4, 0.5) is 0 Å². The third-order valence-corrected chi connectivity index (χ3v) is 9.19. The number of hydrogen-bond donors (Lipinski definition) is 1. The Labute approximate surface area is 211 Å². The van der Waals surface area contributed by atoms with Gasteiger partial charge in [0.15, 0.2) is 6.04 Å². The van der Waals surface area contributed by atoms with Crippen LogP contribution >= 0.6 is 11.3 Å². The number of aryl methyl sites for hydroxylation is 1. The monoisotopic (exact) mass is 487 g/mol. The molecule has 3 aromatic rings. The molecule has 0 bridgehead atoms. The molecule has 182 valence electrons. The Balaban J connectivity index is 1.41. The third-order valence-electron chi connectivity index (χ3n) is 7.90. The lowest BCUT2D eigenvalue weighted by Crippen LogP contribution is -2.47. The lowest BCUT2D eigenvalue weighted by atomic mass is 9.94. The van der Waals surface area contributed by atoms with Crippen LogP contribution in [0, 0.1) is 0 Å². The van der Waals surface area contributed by atoms with Crippen molar-refractivity contribution in [1.29, 1.82) is 0 Å². The molecule has 1 atom stereocenters. The van der Waals surface area contributed by atoms with E-state index in [9.17, 15) is 9.59 Å². The highest BCUT2D eigenvalue weighted by molar-refractivity contribution is 7.15. The molecular formula is C29H33N3O2S. The predicted octanol–water partition coefficient (Wildman–Crippen LogP) is 5.61. The van der Waals surface area contributed by atoms with E-state index in [2.05, 4.69) is 22.0 Å². The van der Waals surface area contributed by atoms with Gasteiger partial charge in [-0.2, -0.15) is 0 Å². The van der Waals surface area contributed by atoms with Gasteiger partial charge in [0.2, 0.25) is 5.91 Å². The first kappa shape index (κ1) is 22.6. The smallest absolute Gasteiger partial charge is 0.258 e. The van der Waals surface area contributed by atoms with Crippen LogP contribution in [0.5, 0.6) is 0 Å². The van der Waals surface area contributed by atoms with Crippen molar-refractivity contribution in [1.82, 2.24) is 14.8 Å². The average Bonchev–Trinajstić information content (AvgIpc) is 3.50. The Morgan fingerprint density at radius 3 is 2.60 bits per heavy atom. The molecular weight excluding hydrogens is 454 g/mol. The second kappa shape index (κ2) is 9.65. The summed E-state index contributed by atoms with van der Waals surface area (Å²) in [5.41, 5.74) is 4.14. The normalized spacial score (nSPS) is 20.1. The summed E-state index contributed by atoms with van der Waals surface area (Å²) in [7, 11) is 0. The van der Waals surface area contributed by atoms with Crippen molar-refractivity contribution in [3.8, 4) is 5.00 Å². The molecule has 2 amide bonds. The predicted molar refractivity (Wildman–Crippen MR) is 139 cm³/mol. The number of amides is 2. The third kappa shape index (κ3) is 4.22. The Morgan fingerprint density at radius 1 is 0.971 bits per heavy atom. The van der Waals surface area contributed by atoms with Crippen LogP contribution in [0.25, 0.3) is 5.00 Å². The van der Waals surface area contributed by atoms with Crippen molar-refractivity contribution in [3.05, 3.63) is 75.9 Å². The number of carbonyl (C=O) groups excluding carboxylic acids is 2. The molecule has 5 nitrogen and oxygen atoms in total. The highest BCUT2D eigenvalue weighted by Crippen LogP contribution is 2.42. The zero-order chi connectivity index (χ0) is 23.8. The van der Waals surface area contributed by atoms with Crippen LogP contribution in [0.3, 0.4) is 0 Å². The van der Waals surface area contributed by atoms with Crippen molar-refractivity contribution in [2.45, 2.75) is 76.3 Å². The number of fused-ring (bicyclic) bond motifs is 5. The minimum Gasteiger partial charge on any atom is -0.351 e. The summed E-state index contributed by atoms with van der Waals surface area (Å²) < 4.78 is 2.13. The van der Waals surface area contributed by atoms with Gasteiger partial charge < -0.3 is 14.8 Å². The van der Waals surface area contributed by atoms with Gasteiger partial charge >= 0.3 is 0 Å². The highest BCUT2D eigenvalue weighted by atomic mass is 32.1. The molecule has 6 heteroatoms. The first-order chi connectivity index (χ1) is 17.2. The fourth-order valence-corrected chi connectivity index (χ4v) is 7.48. The summed E-state index contributed by atoms with van der Waals surface area (Å²) in [4.78, 5) is 31.4. The second-order valence-electron chi connectivity index (χ2n) is 10.2. The van der Waals surface area contributed by atoms with Gasteiger partial charge in [-0.3, -0.25) is 9.59 Å².